The molecule has 6 nitrogen and oxygen atoms in total. The normalized spacial score (nSPS) is 10.7. The molecule has 0 aliphatic heterocycles. The van der Waals surface area contributed by atoms with Crippen molar-refractivity contribution < 1.29 is 14.7 Å². The summed E-state index contributed by atoms with van der Waals surface area (Å²) in [5, 5.41) is 12.7. The third kappa shape index (κ3) is 3.75. The Labute approximate surface area is 173 Å². The van der Waals surface area contributed by atoms with E-state index in [1.165, 1.54) is 12.1 Å². The van der Waals surface area contributed by atoms with Crippen molar-refractivity contribution in [3.05, 3.63) is 89.1 Å². The number of aromatic carboxylic acids is 1. The molecule has 0 atom stereocenters. The van der Waals surface area contributed by atoms with Gasteiger partial charge in [0, 0.05) is 17.3 Å². The fourth-order valence-electron chi connectivity index (χ4n) is 3.41. The maximum absolute atomic E-state index is 13.2. The van der Waals surface area contributed by atoms with Gasteiger partial charge in [-0.2, -0.15) is 0 Å². The molecule has 0 bridgehead atoms. The number of amides is 1. The highest BCUT2D eigenvalue weighted by molar-refractivity contribution is 6.13. The summed E-state index contributed by atoms with van der Waals surface area (Å²) in [6.07, 6.45) is 1.69. The number of carbonyl (C=O) groups excluding carboxylic acids is 1. The van der Waals surface area contributed by atoms with E-state index in [0.29, 0.717) is 22.6 Å². The summed E-state index contributed by atoms with van der Waals surface area (Å²) in [5.74, 6) is -1.31. The first-order valence-corrected chi connectivity index (χ1v) is 9.40. The van der Waals surface area contributed by atoms with Gasteiger partial charge in [-0.05, 0) is 67.9 Å². The number of pyridine rings is 2. The number of carboxylic acids is 1. The van der Waals surface area contributed by atoms with Gasteiger partial charge in [0.15, 0.2) is 0 Å². The predicted octanol–water partition coefficient (Wildman–Crippen LogP) is 4.86. The molecule has 0 aliphatic rings. The second-order valence-corrected chi connectivity index (χ2v) is 7.08. The van der Waals surface area contributed by atoms with E-state index in [1.54, 1.807) is 24.4 Å². The summed E-state index contributed by atoms with van der Waals surface area (Å²) >= 11 is 0. The van der Waals surface area contributed by atoms with Gasteiger partial charge < -0.3 is 10.4 Å². The number of hydrogen-bond acceptors (Lipinski definition) is 4. The first-order valence-electron chi connectivity index (χ1n) is 9.40. The third-order valence-corrected chi connectivity index (χ3v) is 4.81. The van der Waals surface area contributed by atoms with Crippen LogP contribution in [0.2, 0.25) is 0 Å². The molecule has 4 aromatic rings. The number of fused-ring (bicyclic) bond motifs is 1. The van der Waals surface area contributed by atoms with Crippen LogP contribution in [0.15, 0.2) is 66.9 Å². The maximum Gasteiger partial charge on any atom is 0.335 e. The van der Waals surface area contributed by atoms with Crippen molar-refractivity contribution in [1.29, 1.82) is 0 Å². The Hall–Kier alpha value is -4.06. The quantitative estimate of drug-likeness (QED) is 0.513. The lowest BCUT2D eigenvalue weighted by atomic mass is 10.00. The lowest BCUT2D eigenvalue weighted by Gasteiger charge is -2.13. The molecule has 0 radical (unpaired) electrons. The van der Waals surface area contributed by atoms with Crippen molar-refractivity contribution in [3.8, 4) is 11.4 Å². The van der Waals surface area contributed by atoms with Gasteiger partial charge in [-0.3, -0.25) is 9.78 Å². The molecule has 0 saturated heterocycles. The molecule has 1 amide bonds. The van der Waals surface area contributed by atoms with E-state index < -0.39 is 5.97 Å². The van der Waals surface area contributed by atoms with Crippen LogP contribution in [0.1, 0.15) is 31.8 Å². The number of hydrogen-bond donors (Lipinski definition) is 2. The molecule has 0 unspecified atom stereocenters. The summed E-state index contributed by atoms with van der Waals surface area (Å²) in [6, 6.07) is 17.3. The van der Waals surface area contributed by atoms with E-state index >= 15 is 0 Å². The van der Waals surface area contributed by atoms with E-state index in [0.717, 1.165) is 22.0 Å². The van der Waals surface area contributed by atoms with Crippen molar-refractivity contribution in [2.45, 2.75) is 13.8 Å². The number of nitrogens with zero attached hydrogens (tertiary/aromatic N) is 2. The molecular weight excluding hydrogens is 378 g/mol. The summed E-state index contributed by atoms with van der Waals surface area (Å²) in [5.41, 5.74) is 5.20. The van der Waals surface area contributed by atoms with Gasteiger partial charge in [0.05, 0.1) is 28.0 Å². The highest BCUT2D eigenvalue weighted by Gasteiger charge is 2.16. The van der Waals surface area contributed by atoms with Gasteiger partial charge in [-0.25, -0.2) is 9.78 Å². The Morgan fingerprint density at radius 2 is 1.70 bits per heavy atom. The molecule has 0 aliphatic carbocycles. The van der Waals surface area contributed by atoms with Crippen LogP contribution in [-0.2, 0) is 0 Å². The minimum atomic E-state index is -1.01. The van der Waals surface area contributed by atoms with Crippen LogP contribution in [0.3, 0.4) is 0 Å². The Bertz CT molecular complexity index is 1270. The van der Waals surface area contributed by atoms with Gasteiger partial charge in [-0.1, -0.05) is 17.7 Å². The van der Waals surface area contributed by atoms with Gasteiger partial charge in [0.2, 0.25) is 0 Å². The number of nitrogens with one attached hydrogen (secondary N) is 1. The fourth-order valence-corrected chi connectivity index (χ4v) is 3.41. The molecule has 2 heterocycles. The average Bonchev–Trinajstić information content (AvgIpc) is 2.74. The van der Waals surface area contributed by atoms with Crippen molar-refractivity contribution in [2.24, 2.45) is 0 Å². The topological polar surface area (TPSA) is 92.2 Å². The van der Waals surface area contributed by atoms with E-state index in [1.807, 2.05) is 44.2 Å². The van der Waals surface area contributed by atoms with E-state index in [-0.39, 0.29) is 11.5 Å². The Kier molecular flexibility index (Phi) is 4.98. The average molecular weight is 397 g/mol. The van der Waals surface area contributed by atoms with Gasteiger partial charge in [0.25, 0.3) is 5.91 Å². The highest BCUT2D eigenvalue weighted by atomic mass is 16.4. The monoisotopic (exact) mass is 397 g/mol. The highest BCUT2D eigenvalue weighted by Crippen LogP contribution is 2.28. The van der Waals surface area contributed by atoms with E-state index in [9.17, 15) is 9.59 Å². The Morgan fingerprint density at radius 1 is 0.933 bits per heavy atom. The number of anilines is 1. The van der Waals surface area contributed by atoms with Gasteiger partial charge in [-0.15, -0.1) is 0 Å². The number of aromatic nitrogens is 2. The molecule has 6 heteroatoms. The molecule has 2 aromatic heterocycles. The molecule has 0 fully saturated rings. The number of carbonyl (C=O) groups is 2. The van der Waals surface area contributed by atoms with Crippen molar-refractivity contribution in [1.82, 2.24) is 9.97 Å². The second-order valence-electron chi connectivity index (χ2n) is 7.08. The molecule has 2 aromatic carbocycles. The van der Waals surface area contributed by atoms with Crippen LogP contribution >= 0.6 is 0 Å². The number of aryl methyl sites for hydroxylation is 2. The molecule has 0 spiro atoms. The summed E-state index contributed by atoms with van der Waals surface area (Å²) in [4.78, 5) is 33.3. The van der Waals surface area contributed by atoms with Gasteiger partial charge >= 0.3 is 5.97 Å². The van der Waals surface area contributed by atoms with Gasteiger partial charge in [0.1, 0.15) is 0 Å². The minimum absolute atomic E-state index is 0.158. The summed E-state index contributed by atoms with van der Waals surface area (Å²) in [7, 11) is 0. The molecule has 2 N–H and O–H groups in total. The largest absolute Gasteiger partial charge is 0.478 e. The molecule has 4 rings (SSSR count). The third-order valence-electron chi connectivity index (χ3n) is 4.81. The van der Waals surface area contributed by atoms with Crippen LogP contribution in [-0.4, -0.2) is 27.0 Å². The zero-order chi connectivity index (χ0) is 21.3. The predicted molar refractivity (Wildman–Crippen MR) is 116 cm³/mol. The van der Waals surface area contributed by atoms with Crippen LogP contribution in [0, 0.1) is 13.8 Å². The molecule has 30 heavy (non-hydrogen) atoms. The molecule has 0 saturated carbocycles. The first kappa shape index (κ1) is 19.3. The van der Waals surface area contributed by atoms with Crippen molar-refractivity contribution in [3.63, 3.8) is 0 Å². The van der Waals surface area contributed by atoms with Crippen LogP contribution in [0.4, 0.5) is 5.69 Å². The van der Waals surface area contributed by atoms with Crippen LogP contribution in [0.25, 0.3) is 22.3 Å². The van der Waals surface area contributed by atoms with Crippen molar-refractivity contribution >= 4 is 28.5 Å². The molecular formula is C24H19N3O3. The first-order chi connectivity index (χ1) is 14.4. The lowest BCUT2D eigenvalue weighted by molar-refractivity contribution is 0.0696. The number of benzene rings is 2. The number of rotatable bonds is 4. The zero-order valence-electron chi connectivity index (χ0n) is 16.5. The fraction of sp³-hybridized carbons (Fsp3) is 0.0833. The minimum Gasteiger partial charge on any atom is -0.478 e. The van der Waals surface area contributed by atoms with E-state index in [2.05, 4.69) is 10.3 Å². The lowest BCUT2D eigenvalue weighted by Crippen LogP contribution is -2.13. The summed E-state index contributed by atoms with van der Waals surface area (Å²) in [6.45, 7) is 3.95. The Morgan fingerprint density at radius 3 is 2.37 bits per heavy atom. The smallest absolute Gasteiger partial charge is 0.335 e. The Balaban J connectivity index is 1.81. The number of carboxylic acid groups (broad SMARTS) is 1. The van der Waals surface area contributed by atoms with Crippen LogP contribution in [0.5, 0.6) is 0 Å². The SMILES string of the molecule is Cc1cc(C)c2nc(-c3ccccn3)cc(C(=O)Nc3ccc(C(=O)O)cc3)c2c1. The summed E-state index contributed by atoms with van der Waals surface area (Å²) < 4.78 is 0. The van der Waals surface area contributed by atoms with E-state index in [4.69, 9.17) is 10.1 Å². The molecule has 148 valence electrons. The zero-order valence-corrected chi connectivity index (χ0v) is 16.5. The van der Waals surface area contributed by atoms with Crippen LogP contribution < -0.4 is 5.32 Å². The standard InChI is InChI=1S/C24H19N3O3/c1-14-11-15(2)22-18(12-14)19(13-21(27-22)20-5-3-4-10-25-20)23(28)26-17-8-6-16(7-9-17)24(29)30/h3-13H,1-2H3,(H,26,28)(H,29,30). The maximum atomic E-state index is 13.2. The second kappa shape index (κ2) is 7.75. The van der Waals surface area contributed by atoms with Crippen molar-refractivity contribution in [2.75, 3.05) is 5.32 Å².